The van der Waals surface area contributed by atoms with Crippen molar-refractivity contribution in [2.24, 2.45) is 0 Å². The van der Waals surface area contributed by atoms with E-state index in [2.05, 4.69) is 0 Å². The van der Waals surface area contributed by atoms with Crippen molar-refractivity contribution in [3.05, 3.63) is 0 Å². The van der Waals surface area contributed by atoms with Crippen LogP contribution in [0.3, 0.4) is 0 Å². The van der Waals surface area contributed by atoms with Crippen molar-refractivity contribution in [1.82, 2.24) is 4.31 Å². The summed E-state index contributed by atoms with van der Waals surface area (Å²) in [6.07, 6.45) is 3.58. The molecule has 5 heteroatoms. The molecule has 12 heavy (non-hydrogen) atoms. The van der Waals surface area contributed by atoms with Gasteiger partial charge in [-0.1, -0.05) is 0 Å². The molecule has 0 spiro atoms. The molecule has 0 amide bonds. The molecule has 4 nitrogen and oxygen atoms in total. The van der Waals surface area contributed by atoms with E-state index < -0.39 is 10.0 Å². The molecule has 1 aliphatic rings. The maximum Gasteiger partial charge on any atom is 0.211 e. The zero-order chi connectivity index (χ0) is 9.19. The Labute approximate surface area is 73.2 Å². The summed E-state index contributed by atoms with van der Waals surface area (Å²) >= 11 is 0. The van der Waals surface area contributed by atoms with Crippen molar-refractivity contribution < 1.29 is 13.5 Å². The number of hydrogen-bond donors (Lipinski definition) is 1. The van der Waals surface area contributed by atoms with Crippen molar-refractivity contribution >= 4 is 10.0 Å². The molecule has 1 fully saturated rings. The Morgan fingerprint density at radius 1 is 1.58 bits per heavy atom. The van der Waals surface area contributed by atoms with E-state index in [1.54, 1.807) is 0 Å². The van der Waals surface area contributed by atoms with E-state index in [0.29, 0.717) is 13.0 Å². The van der Waals surface area contributed by atoms with Crippen LogP contribution in [0.4, 0.5) is 0 Å². The van der Waals surface area contributed by atoms with Crippen molar-refractivity contribution in [3.63, 3.8) is 0 Å². The molecule has 0 aromatic heterocycles. The quantitative estimate of drug-likeness (QED) is 0.675. The molecule has 0 aliphatic carbocycles. The Kier molecular flexibility index (Phi) is 3.09. The molecule has 72 valence electrons. The van der Waals surface area contributed by atoms with Crippen LogP contribution in [0.5, 0.6) is 0 Å². The first-order valence-electron chi connectivity index (χ1n) is 4.13. The fraction of sp³-hybridized carbons (Fsp3) is 1.00. The van der Waals surface area contributed by atoms with Crippen molar-refractivity contribution in [2.45, 2.75) is 25.3 Å². The van der Waals surface area contributed by atoms with Crippen LogP contribution in [0.15, 0.2) is 0 Å². The van der Waals surface area contributed by atoms with Gasteiger partial charge >= 0.3 is 0 Å². The summed E-state index contributed by atoms with van der Waals surface area (Å²) in [4.78, 5) is 0. The van der Waals surface area contributed by atoms with E-state index >= 15 is 0 Å². The van der Waals surface area contributed by atoms with E-state index in [9.17, 15) is 8.42 Å². The van der Waals surface area contributed by atoms with Gasteiger partial charge in [0.2, 0.25) is 10.0 Å². The van der Waals surface area contributed by atoms with Gasteiger partial charge in [0, 0.05) is 19.2 Å². The Bertz CT molecular complexity index is 237. The molecule has 1 rings (SSSR count). The average molecular weight is 193 g/mol. The van der Waals surface area contributed by atoms with E-state index in [1.165, 1.54) is 10.6 Å². The van der Waals surface area contributed by atoms with Crippen LogP contribution in [0, 0.1) is 0 Å². The van der Waals surface area contributed by atoms with E-state index in [1.807, 2.05) is 0 Å². The number of aliphatic hydroxyl groups excluding tert-OH is 1. The van der Waals surface area contributed by atoms with Gasteiger partial charge in [-0.15, -0.1) is 0 Å². The Morgan fingerprint density at radius 2 is 2.25 bits per heavy atom. The summed E-state index contributed by atoms with van der Waals surface area (Å²) in [5.74, 6) is 0. The Hall–Kier alpha value is -0.130. The largest absolute Gasteiger partial charge is 0.396 e. The molecule has 1 N–H and O–H groups in total. The summed E-state index contributed by atoms with van der Waals surface area (Å²) in [6, 6.07) is 0.0324. The highest BCUT2D eigenvalue weighted by atomic mass is 32.2. The van der Waals surface area contributed by atoms with Crippen LogP contribution in [0.1, 0.15) is 19.3 Å². The maximum atomic E-state index is 11.2. The lowest BCUT2D eigenvalue weighted by atomic mass is 10.2. The van der Waals surface area contributed by atoms with Crippen LogP contribution in [-0.2, 0) is 10.0 Å². The van der Waals surface area contributed by atoms with Crippen molar-refractivity contribution in [2.75, 3.05) is 19.4 Å². The van der Waals surface area contributed by atoms with Gasteiger partial charge in [-0.3, -0.25) is 0 Å². The highest BCUT2D eigenvalue weighted by molar-refractivity contribution is 7.88. The summed E-state index contributed by atoms with van der Waals surface area (Å²) in [5, 5.41) is 8.69. The number of rotatable bonds is 3. The van der Waals surface area contributed by atoms with E-state index in [-0.39, 0.29) is 12.6 Å². The molecule has 0 aromatic carbocycles. The number of nitrogens with zero attached hydrogens (tertiary/aromatic N) is 1. The second kappa shape index (κ2) is 3.72. The number of hydrogen-bond acceptors (Lipinski definition) is 3. The monoisotopic (exact) mass is 193 g/mol. The third-order valence-corrected chi connectivity index (χ3v) is 3.54. The molecule has 1 atom stereocenters. The Balaban J connectivity index is 2.64. The minimum absolute atomic E-state index is 0.0324. The van der Waals surface area contributed by atoms with Crippen LogP contribution < -0.4 is 0 Å². The van der Waals surface area contributed by atoms with Crippen LogP contribution in [-0.4, -0.2) is 43.3 Å². The molecule has 1 unspecified atom stereocenters. The topological polar surface area (TPSA) is 57.6 Å². The van der Waals surface area contributed by atoms with Gasteiger partial charge < -0.3 is 5.11 Å². The van der Waals surface area contributed by atoms with Gasteiger partial charge in [0.1, 0.15) is 0 Å². The molecule has 0 saturated carbocycles. The second-order valence-electron chi connectivity index (χ2n) is 3.18. The summed E-state index contributed by atoms with van der Waals surface area (Å²) < 4.78 is 23.8. The number of aliphatic hydroxyl groups is 1. The first-order chi connectivity index (χ1) is 5.55. The third kappa shape index (κ3) is 2.18. The molecule has 1 saturated heterocycles. The van der Waals surface area contributed by atoms with E-state index in [0.717, 1.165) is 12.8 Å². The summed E-state index contributed by atoms with van der Waals surface area (Å²) in [7, 11) is -3.05. The van der Waals surface area contributed by atoms with Gasteiger partial charge in [-0.05, 0) is 19.3 Å². The van der Waals surface area contributed by atoms with Crippen molar-refractivity contribution in [1.29, 1.82) is 0 Å². The van der Waals surface area contributed by atoms with Gasteiger partial charge in [-0.2, -0.15) is 4.31 Å². The maximum absolute atomic E-state index is 11.2. The lowest BCUT2D eigenvalue weighted by Gasteiger charge is -2.20. The highest BCUT2D eigenvalue weighted by Crippen LogP contribution is 2.22. The average Bonchev–Trinajstić information content (AvgIpc) is 2.34. The predicted octanol–water partition coefficient (Wildman–Crippen LogP) is -0.207. The highest BCUT2D eigenvalue weighted by Gasteiger charge is 2.30. The van der Waals surface area contributed by atoms with E-state index in [4.69, 9.17) is 5.11 Å². The molecular weight excluding hydrogens is 178 g/mol. The lowest BCUT2D eigenvalue weighted by Crippen LogP contribution is -2.35. The van der Waals surface area contributed by atoms with Gasteiger partial charge in [0.05, 0.1) is 6.26 Å². The minimum atomic E-state index is -3.05. The molecule has 0 radical (unpaired) electrons. The molecular formula is C7H15NO3S. The smallest absolute Gasteiger partial charge is 0.211 e. The molecule has 1 aliphatic heterocycles. The number of sulfonamides is 1. The fourth-order valence-corrected chi connectivity index (χ4v) is 2.90. The summed E-state index contributed by atoms with van der Waals surface area (Å²) in [5.41, 5.74) is 0. The SMILES string of the molecule is CS(=O)(=O)N1CCCC1CCO. The molecule has 0 bridgehead atoms. The van der Waals surface area contributed by atoms with Crippen LogP contribution in [0.25, 0.3) is 0 Å². The first-order valence-corrected chi connectivity index (χ1v) is 5.98. The zero-order valence-electron chi connectivity index (χ0n) is 7.23. The normalized spacial score (nSPS) is 26.3. The van der Waals surface area contributed by atoms with Crippen LogP contribution in [0.2, 0.25) is 0 Å². The lowest BCUT2D eigenvalue weighted by molar-refractivity contribution is 0.247. The fourth-order valence-electron chi connectivity index (χ4n) is 1.68. The van der Waals surface area contributed by atoms with Crippen molar-refractivity contribution in [3.8, 4) is 0 Å². The molecule has 1 heterocycles. The Morgan fingerprint density at radius 3 is 2.75 bits per heavy atom. The molecule has 0 aromatic rings. The summed E-state index contributed by atoms with van der Waals surface area (Å²) in [6.45, 7) is 0.681. The predicted molar refractivity (Wildman–Crippen MR) is 46.3 cm³/mol. The van der Waals surface area contributed by atoms with Gasteiger partial charge in [0.25, 0.3) is 0 Å². The minimum Gasteiger partial charge on any atom is -0.396 e. The second-order valence-corrected chi connectivity index (χ2v) is 5.12. The van der Waals surface area contributed by atoms with Gasteiger partial charge in [0.15, 0.2) is 0 Å². The third-order valence-electron chi connectivity index (χ3n) is 2.21. The standard InChI is InChI=1S/C7H15NO3S/c1-12(10,11)8-5-2-3-7(8)4-6-9/h7,9H,2-6H2,1H3. The van der Waals surface area contributed by atoms with Crippen LogP contribution >= 0.6 is 0 Å². The van der Waals surface area contributed by atoms with Gasteiger partial charge in [-0.25, -0.2) is 8.42 Å². The first kappa shape index (κ1) is 9.95. The zero-order valence-corrected chi connectivity index (χ0v) is 8.05.